The van der Waals surface area contributed by atoms with E-state index in [9.17, 15) is 33.9 Å². The van der Waals surface area contributed by atoms with Crippen molar-refractivity contribution in [3.8, 4) is 0 Å². The molecule has 13 nitrogen and oxygen atoms in total. The van der Waals surface area contributed by atoms with E-state index in [0.717, 1.165) is 0 Å². The van der Waals surface area contributed by atoms with Gasteiger partial charge in [-0.15, -0.1) is 0 Å². The average molecular weight is 366 g/mol. The number of carbonyl (C=O) groups is 6. The largest absolute Gasteiger partial charge is 0.481 e. The first-order valence-corrected chi connectivity index (χ1v) is 6.35. The lowest BCUT2D eigenvalue weighted by Gasteiger charge is -2.28. The average Bonchev–Trinajstić information content (AvgIpc) is 2.41. The van der Waals surface area contributed by atoms with E-state index in [2.05, 4.69) is 4.74 Å². The first-order chi connectivity index (χ1) is 11.3. The highest BCUT2D eigenvalue weighted by molar-refractivity contribution is 5.92. The van der Waals surface area contributed by atoms with Gasteiger partial charge >= 0.3 is 35.8 Å². The van der Waals surface area contributed by atoms with Crippen molar-refractivity contribution < 1.29 is 64.1 Å². The lowest BCUT2D eigenvalue weighted by atomic mass is 9.94. The number of aliphatic carboxylic acids is 5. The van der Waals surface area contributed by atoms with Crippen LogP contribution in [-0.2, 0) is 33.5 Å². The minimum atomic E-state index is -3.12. The zero-order valence-electron chi connectivity index (χ0n) is 12.3. The summed E-state index contributed by atoms with van der Waals surface area (Å²) in [6.07, 6.45) is -6.90. The van der Waals surface area contributed by atoms with Crippen molar-refractivity contribution in [3.05, 3.63) is 0 Å². The molecule has 0 aromatic rings. The Morgan fingerprint density at radius 2 is 1.24 bits per heavy atom. The molecule has 0 saturated carbocycles. The molecule has 0 spiro atoms. The minimum absolute atomic E-state index is 1.23. The molecular weight excluding hydrogens is 352 g/mol. The van der Waals surface area contributed by atoms with Crippen LogP contribution >= 0.6 is 0 Å². The molecule has 0 aliphatic rings. The minimum Gasteiger partial charge on any atom is -0.481 e. The summed E-state index contributed by atoms with van der Waals surface area (Å²) in [5.74, 6) is -13.7. The summed E-state index contributed by atoms with van der Waals surface area (Å²) in [6, 6.07) is 0. The fourth-order valence-electron chi connectivity index (χ4n) is 1.76. The maximum atomic E-state index is 11.8. The molecule has 0 aromatic heterocycles. The molecule has 2 unspecified atom stereocenters. The monoisotopic (exact) mass is 366 g/mol. The Morgan fingerprint density at radius 1 is 0.800 bits per heavy atom. The summed E-state index contributed by atoms with van der Waals surface area (Å²) in [6.45, 7) is 0. The van der Waals surface area contributed by atoms with E-state index in [0.29, 0.717) is 0 Å². The van der Waals surface area contributed by atoms with Gasteiger partial charge in [-0.05, 0) is 0 Å². The molecule has 13 heteroatoms. The van der Waals surface area contributed by atoms with Crippen molar-refractivity contribution in [2.45, 2.75) is 31.0 Å². The second kappa shape index (κ2) is 8.58. The van der Waals surface area contributed by atoms with Crippen LogP contribution in [0.15, 0.2) is 0 Å². The molecule has 0 amide bonds. The van der Waals surface area contributed by atoms with Crippen molar-refractivity contribution >= 4 is 35.8 Å². The lowest BCUT2D eigenvalue weighted by molar-refractivity contribution is -0.194. The van der Waals surface area contributed by atoms with E-state index in [-0.39, 0.29) is 0 Å². The summed E-state index contributed by atoms with van der Waals surface area (Å²) in [7, 11) is 0. The molecular formula is C12H14O13. The number of carboxylic acids is 5. The van der Waals surface area contributed by atoms with Gasteiger partial charge in [-0.25, -0.2) is 9.59 Å². The SMILES string of the molecule is O=C(O)CC(C(=O)O)C(O)C(=O)OC(CC(=O)O)(CC(=O)O)C(=O)O. The van der Waals surface area contributed by atoms with Crippen LogP contribution in [0.1, 0.15) is 19.3 Å². The molecule has 2 atom stereocenters. The summed E-state index contributed by atoms with van der Waals surface area (Å²) in [5, 5.41) is 53.4. The number of rotatable bonds is 11. The summed E-state index contributed by atoms with van der Waals surface area (Å²) in [5.41, 5.74) is -3.12. The number of esters is 1. The van der Waals surface area contributed by atoms with E-state index in [1.807, 2.05) is 0 Å². The molecule has 0 saturated heterocycles. The molecule has 0 radical (unpaired) electrons. The summed E-state index contributed by atoms with van der Waals surface area (Å²) in [4.78, 5) is 66.0. The van der Waals surface area contributed by atoms with Gasteiger partial charge in [-0.3, -0.25) is 19.2 Å². The van der Waals surface area contributed by atoms with Crippen LogP contribution < -0.4 is 0 Å². The van der Waals surface area contributed by atoms with Gasteiger partial charge in [-0.2, -0.15) is 0 Å². The van der Waals surface area contributed by atoms with Crippen molar-refractivity contribution in [1.29, 1.82) is 0 Å². The number of aliphatic hydroxyl groups excluding tert-OH is 1. The molecule has 0 aliphatic heterocycles. The lowest BCUT2D eigenvalue weighted by Crippen LogP contribution is -2.50. The van der Waals surface area contributed by atoms with Crippen molar-refractivity contribution in [2.24, 2.45) is 5.92 Å². The van der Waals surface area contributed by atoms with Gasteiger partial charge in [-0.1, -0.05) is 0 Å². The van der Waals surface area contributed by atoms with E-state index in [1.165, 1.54) is 0 Å². The topological polar surface area (TPSA) is 233 Å². The molecule has 0 rings (SSSR count). The third-order valence-electron chi connectivity index (χ3n) is 2.89. The van der Waals surface area contributed by atoms with Gasteiger partial charge in [0.05, 0.1) is 19.3 Å². The molecule has 140 valence electrons. The van der Waals surface area contributed by atoms with Gasteiger partial charge in [0.15, 0.2) is 6.10 Å². The van der Waals surface area contributed by atoms with Crippen LogP contribution in [0.5, 0.6) is 0 Å². The molecule has 0 fully saturated rings. The van der Waals surface area contributed by atoms with E-state index >= 15 is 0 Å². The Balaban J connectivity index is 5.65. The van der Waals surface area contributed by atoms with Crippen molar-refractivity contribution in [3.63, 3.8) is 0 Å². The standard InChI is InChI=1S/C12H14O13/c13-5(14)1-4(9(20)21)8(19)10(22)25-12(11(23)24,2-6(15)16)3-7(17)18/h4,8,19H,1-3H2,(H,13,14)(H,15,16)(H,17,18)(H,20,21)(H,23,24). The second-order valence-corrected chi connectivity index (χ2v) is 4.85. The molecule has 25 heavy (non-hydrogen) atoms. The van der Waals surface area contributed by atoms with Crippen LogP contribution in [0.4, 0.5) is 0 Å². The predicted molar refractivity (Wildman–Crippen MR) is 70.3 cm³/mol. The molecule has 0 aromatic carbocycles. The van der Waals surface area contributed by atoms with E-state index < -0.39 is 72.7 Å². The highest BCUT2D eigenvalue weighted by Crippen LogP contribution is 2.24. The van der Waals surface area contributed by atoms with Crippen LogP contribution in [0.3, 0.4) is 0 Å². The highest BCUT2D eigenvalue weighted by Gasteiger charge is 2.49. The maximum absolute atomic E-state index is 11.8. The quantitative estimate of drug-likeness (QED) is 0.214. The highest BCUT2D eigenvalue weighted by atomic mass is 16.6. The van der Waals surface area contributed by atoms with E-state index in [1.54, 1.807) is 0 Å². The van der Waals surface area contributed by atoms with Gasteiger partial charge in [0, 0.05) is 0 Å². The van der Waals surface area contributed by atoms with Gasteiger partial charge < -0.3 is 35.4 Å². The number of carbonyl (C=O) groups excluding carboxylic acids is 1. The third-order valence-corrected chi connectivity index (χ3v) is 2.89. The maximum Gasteiger partial charge on any atom is 0.349 e. The van der Waals surface area contributed by atoms with Gasteiger partial charge in [0.1, 0.15) is 5.92 Å². The smallest absolute Gasteiger partial charge is 0.349 e. The molecule has 0 heterocycles. The number of aliphatic hydroxyl groups is 1. The van der Waals surface area contributed by atoms with Crippen molar-refractivity contribution in [2.75, 3.05) is 0 Å². The van der Waals surface area contributed by atoms with Gasteiger partial charge in [0.25, 0.3) is 0 Å². The molecule has 6 N–H and O–H groups in total. The molecule has 0 bridgehead atoms. The second-order valence-electron chi connectivity index (χ2n) is 4.85. The summed E-state index contributed by atoms with van der Waals surface area (Å²) < 4.78 is 4.29. The first kappa shape index (κ1) is 21.8. The number of carboxylic acid groups (broad SMARTS) is 5. The van der Waals surface area contributed by atoms with Crippen LogP contribution in [-0.4, -0.2) is 78.2 Å². The number of hydrogen-bond donors (Lipinski definition) is 6. The van der Waals surface area contributed by atoms with Gasteiger partial charge in [0.2, 0.25) is 5.60 Å². The zero-order valence-corrected chi connectivity index (χ0v) is 12.3. The molecule has 0 aliphatic carbocycles. The van der Waals surface area contributed by atoms with Crippen LogP contribution in [0.25, 0.3) is 0 Å². The third kappa shape index (κ3) is 6.42. The summed E-state index contributed by atoms with van der Waals surface area (Å²) >= 11 is 0. The number of hydrogen-bond acceptors (Lipinski definition) is 8. The van der Waals surface area contributed by atoms with Crippen LogP contribution in [0.2, 0.25) is 0 Å². The first-order valence-electron chi connectivity index (χ1n) is 6.35. The van der Waals surface area contributed by atoms with Crippen LogP contribution in [0, 0.1) is 5.92 Å². The zero-order chi connectivity index (χ0) is 19.9. The fourth-order valence-corrected chi connectivity index (χ4v) is 1.76. The van der Waals surface area contributed by atoms with E-state index in [4.69, 9.17) is 25.5 Å². The Morgan fingerprint density at radius 3 is 1.52 bits per heavy atom. The Bertz CT molecular complexity index is 576. The predicted octanol–water partition coefficient (Wildman–Crippen LogP) is -2.16. The normalized spacial score (nSPS) is 13.3. The van der Waals surface area contributed by atoms with Crippen molar-refractivity contribution in [1.82, 2.24) is 0 Å². The Hall–Kier alpha value is -3.22. The fraction of sp³-hybridized carbons (Fsp3) is 0.500. The Labute approximate surface area is 138 Å². The number of ether oxygens (including phenoxy) is 1. The Kier molecular flexibility index (Phi) is 7.48.